The second-order valence-electron chi connectivity index (χ2n) is 5.65. The van der Waals surface area contributed by atoms with Crippen LogP contribution in [-0.2, 0) is 13.0 Å². The molecule has 22 heavy (non-hydrogen) atoms. The zero-order valence-electron chi connectivity index (χ0n) is 13.1. The highest BCUT2D eigenvalue weighted by molar-refractivity contribution is 5.97. The van der Waals surface area contributed by atoms with Crippen molar-refractivity contribution >= 4 is 16.8 Å². The molecule has 0 saturated carbocycles. The van der Waals surface area contributed by atoms with Crippen LogP contribution in [0.3, 0.4) is 0 Å². The lowest BCUT2D eigenvalue weighted by Gasteiger charge is -2.20. The maximum absolute atomic E-state index is 12.5. The molecule has 1 amide bonds. The van der Waals surface area contributed by atoms with Gasteiger partial charge in [-0.1, -0.05) is 0 Å². The number of aromatic nitrogens is 2. The van der Waals surface area contributed by atoms with Crippen LogP contribution in [0.2, 0.25) is 0 Å². The SMILES string of the molecule is CCN(CC)C(=O)c1ccc2c(=O)n3c(nc2c1)CCCC3. The van der Waals surface area contributed by atoms with E-state index in [1.807, 2.05) is 13.8 Å². The molecule has 0 fully saturated rings. The second kappa shape index (κ2) is 5.91. The molecule has 1 aromatic carbocycles. The van der Waals surface area contributed by atoms with Crippen LogP contribution in [-0.4, -0.2) is 33.4 Å². The molecule has 0 radical (unpaired) electrons. The fraction of sp³-hybridized carbons (Fsp3) is 0.471. The van der Waals surface area contributed by atoms with E-state index < -0.39 is 0 Å². The van der Waals surface area contributed by atoms with Gasteiger partial charge in [0.2, 0.25) is 0 Å². The first-order valence-corrected chi connectivity index (χ1v) is 7.98. The molecule has 5 heteroatoms. The van der Waals surface area contributed by atoms with Crippen LogP contribution < -0.4 is 5.56 Å². The first-order chi connectivity index (χ1) is 10.7. The quantitative estimate of drug-likeness (QED) is 0.873. The Morgan fingerprint density at radius 2 is 2.05 bits per heavy atom. The zero-order valence-corrected chi connectivity index (χ0v) is 13.1. The van der Waals surface area contributed by atoms with Gasteiger partial charge in [-0.2, -0.15) is 0 Å². The minimum Gasteiger partial charge on any atom is -0.339 e. The molecule has 1 aliphatic rings. The van der Waals surface area contributed by atoms with E-state index in [9.17, 15) is 9.59 Å². The highest BCUT2D eigenvalue weighted by atomic mass is 16.2. The third-order valence-electron chi connectivity index (χ3n) is 4.36. The van der Waals surface area contributed by atoms with E-state index in [4.69, 9.17) is 0 Å². The average molecular weight is 299 g/mol. The summed E-state index contributed by atoms with van der Waals surface area (Å²) in [4.78, 5) is 31.4. The van der Waals surface area contributed by atoms with Crippen molar-refractivity contribution in [1.82, 2.24) is 14.5 Å². The summed E-state index contributed by atoms with van der Waals surface area (Å²) < 4.78 is 1.78. The van der Waals surface area contributed by atoms with Gasteiger partial charge in [-0.05, 0) is 44.9 Å². The summed E-state index contributed by atoms with van der Waals surface area (Å²) in [5, 5.41) is 0.599. The smallest absolute Gasteiger partial charge is 0.261 e. The maximum Gasteiger partial charge on any atom is 0.261 e. The van der Waals surface area contributed by atoms with Crippen LogP contribution in [0.25, 0.3) is 10.9 Å². The van der Waals surface area contributed by atoms with E-state index in [1.54, 1.807) is 27.7 Å². The summed E-state index contributed by atoms with van der Waals surface area (Å²) in [6.45, 7) is 6.02. The van der Waals surface area contributed by atoms with Crippen molar-refractivity contribution in [2.24, 2.45) is 0 Å². The van der Waals surface area contributed by atoms with Gasteiger partial charge in [0.25, 0.3) is 11.5 Å². The van der Waals surface area contributed by atoms with Crippen LogP contribution in [0.15, 0.2) is 23.0 Å². The molecule has 0 bridgehead atoms. The molecular formula is C17H21N3O2. The van der Waals surface area contributed by atoms with Crippen LogP contribution >= 0.6 is 0 Å². The van der Waals surface area contributed by atoms with E-state index in [1.165, 1.54) is 0 Å². The third-order valence-corrected chi connectivity index (χ3v) is 4.36. The van der Waals surface area contributed by atoms with E-state index in [-0.39, 0.29) is 11.5 Å². The van der Waals surface area contributed by atoms with Crippen LogP contribution in [0.4, 0.5) is 0 Å². The second-order valence-corrected chi connectivity index (χ2v) is 5.65. The summed E-state index contributed by atoms with van der Waals surface area (Å²) in [5.41, 5.74) is 1.25. The van der Waals surface area contributed by atoms with E-state index in [0.29, 0.717) is 29.6 Å². The summed E-state index contributed by atoms with van der Waals surface area (Å²) in [6, 6.07) is 5.23. The monoisotopic (exact) mass is 299 g/mol. The number of fused-ring (bicyclic) bond motifs is 2. The Labute approximate surface area is 129 Å². The fourth-order valence-electron chi connectivity index (χ4n) is 3.07. The van der Waals surface area contributed by atoms with Crippen LogP contribution in [0, 0.1) is 0 Å². The van der Waals surface area contributed by atoms with Crippen molar-refractivity contribution in [3.63, 3.8) is 0 Å². The number of hydrogen-bond acceptors (Lipinski definition) is 3. The van der Waals surface area contributed by atoms with Crippen LogP contribution in [0.5, 0.6) is 0 Å². The topological polar surface area (TPSA) is 55.2 Å². The van der Waals surface area contributed by atoms with Gasteiger partial charge in [0.1, 0.15) is 5.82 Å². The Balaban J connectivity index is 2.10. The summed E-state index contributed by atoms with van der Waals surface area (Å²) in [7, 11) is 0. The molecular weight excluding hydrogens is 278 g/mol. The minimum absolute atomic E-state index is 0.00785. The van der Waals surface area contributed by atoms with E-state index in [0.717, 1.165) is 31.6 Å². The largest absolute Gasteiger partial charge is 0.339 e. The molecule has 3 rings (SSSR count). The first kappa shape index (κ1) is 14.8. The number of carbonyl (C=O) groups is 1. The maximum atomic E-state index is 12.5. The first-order valence-electron chi connectivity index (χ1n) is 7.98. The van der Waals surface area contributed by atoms with Crippen molar-refractivity contribution in [2.75, 3.05) is 13.1 Å². The molecule has 0 unspecified atom stereocenters. The van der Waals surface area contributed by atoms with Gasteiger partial charge in [0, 0.05) is 31.6 Å². The zero-order chi connectivity index (χ0) is 15.7. The number of carbonyl (C=O) groups excluding carboxylic acids is 1. The number of hydrogen-bond donors (Lipinski definition) is 0. The van der Waals surface area contributed by atoms with Gasteiger partial charge >= 0.3 is 0 Å². The Hall–Kier alpha value is -2.17. The molecule has 5 nitrogen and oxygen atoms in total. The number of benzene rings is 1. The molecule has 0 saturated heterocycles. The molecule has 2 heterocycles. The average Bonchev–Trinajstić information content (AvgIpc) is 2.55. The van der Waals surface area contributed by atoms with Gasteiger partial charge in [-0.15, -0.1) is 0 Å². The highest BCUT2D eigenvalue weighted by Crippen LogP contribution is 2.17. The van der Waals surface area contributed by atoms with Crippen molar-refractivity contribution in [3.8, 4) is 0 Å². The lowest BCUT2D eigenvalue weighted by atomic mass is 10.1. The van der Waals surface area contributed by atoms with Gasteiger partial charge in [-0.3, -0.25) is 14.2 Å². The fourth-order valence-corrected chi connectivity index (χ4v) is 3.07. The number of nitrogens with zero attached hydrogens (tertiary/aromatic N) is 3. The molecule has 1 aliphatic heterocycles. The molecule has 0 aliphatic carbocycles. The Morgan fingerprint density at radius 3 is 2.77 bits per heavy atom. The van der Waals surface area contributed by atoms with Gasteiger partial charge in [0.05, 0.1) is 10.9 Å². The van der Waals surface area contributed by atoms with Gasteiger partial charge < -0.3 is 4.90 Å². The van der Waals surface area contributed by atoms with Crippen molar-refractivity contribution in [3.05, 3.63) is 39.9 Å². The summed E-state index contributed by atoms with van der Waals surface area (Å²) in [6.07, 6.45) is 2.92. The van der Waals surface area contributed by atoms with Crippen molar-refractivity contribution in [1.29, 1.82) is 0 Å². The molecule has 116 valence electrons. The molecule has 1 aromatic heterocycles. The Bertz CT molecular complexity index is 775. The van der Waals surface area contributed by atoms with E-state index >= 15 is 0 Å². The van der Waals surface area contributed by atoms with E-state index in [2.05, 4.69) is 4.98 Å². The van der Waals surface area contributed by atoms with Gasteiger partial charge in [-0.25, -0.2) is 4.98 Å². The minimum atomic E-state index is -0.00785. The normalized spacial score (nSPS) is 13.9. The number of rotatable bonds is 3. The Morgan fingerprint density at radius 1 is 1.27 bits per heavy atom. The molecule has 0 atom stereocenters. The van der Waals surface area contributed by atoms with Crippen LogP contribution in [0.1, 0.15) is 42.9 Å². The number of aryl methyl sites for hydroxylation is 1. The molecule has 2 aromatic rings. The van der Waals surface area contributed by atoms with Crippen molar-refractivity contribution in [2.45, 2.75) is 39.7 Å². The standard InChI is InChI=1S/C17H21N3O2/c1-3-19(4-2)16(21)12-8-9-13-14(11-12)18-15-7-5-6-10-20(15)17(13)22/h8-9,11H,3-7,10H2,1-2H3. The Kier molecular flexibility index (Phi) is 3.96. The predicted octanol–water partition coefficient (Wildman–Crippen LogP) is 2.21. The van der Waals surface area contributed by atoms with Gasteiger partial charge in [0.15, 0.2) is 0 Å². The third kappa shape index (κ3) is 2.40. The predicted molar refractivity (Wildman–Crippen MR) is 86.2 cm³/mol. The lowest BCUT2D eigenvalue weighted by Crippen LogP contribution is -2.31. The summed E-state index contributed by atoms with van der Waals surface area (Å²) >= 11 is 0. The number of amides is 1. The molecule has 0 spiro atoms. The molecule has 0 N–H and O–H groups in total. The van der Waals surface area contributed by atoms with Crippen molar-refractivity contribution < 1.29 is 4.79 Å². The highest BCUT2D eigenvalue weighted by Gasteiger charge is 2.17. The summed E-state index contributed by atoms with van der Waals surface area (Å²) in [5.74, 6) is 0.836. The lowest BCUT2D eigenvalue weighted by molar-refractivity contribution is 0.0773.